The molecule has 4 nitrogen and oxygen atoms in total. The molecule has 2 rings (SSSR count). The van der Waals surface area contributed by atoms with Crippen molar-refractivity contribution in [3.05, 3.63) is 34.2 Å². The molecule has 0 amide bonds. The Kier molecular flexibility index (Phi) is 2.56. The van der Waals surface area contributed by atoms with Crippen LogP contribution in [0.25, 0.3) is 5.57 Å². The number of nitrogens with two attached hydrogens (primary N) is 1. The van der Waals surface area contributed by atoms with Gasteiger partial charge in [-0.15, -0.1) is 0 Å². The predicted molar refractivity (Wildman–Crippen MR) is 56.8 cm³/mol. The Balaban J connectivity index is 2.62. The average molecular weight is 246 g/mol. The molecule has 0 aromatic heterocycles. The Morgan fingerprint density at radius 1 is 1.40 bits per heavy atom. The summed E-state index contributed by atoms with van der Waals surface area (Å²) in [5, 5.41) is 1.54. The number of benzene rings is 1. The lowest BCUT2D eigenvalue weighted by molar-refractivity contribution is 0.173. The van der Waals surface area contributed by atoms with E-state index >= 15 is 0 Å². The summed E-state index contributed by atoms with van der Waals surface area (Å²) in [4.78, 5) is 4.65. The predicted octanol–water partition coefficient (Wildman–Crippen LogP) is 1.36. The fourth-order valence-electron chi connectivity index (χ4n) is 1.51. The molecule has 0 saturated heterocycles. The van der Waals surface area contributed by atoms with Crippen molar-refractivity contribution in [2.75, 3.05) is 6.61 Å². The lowest BCUT2D eigenvalue weighted by Gasteiger charge is -2.02. The van der Waals surface area contributed by atoms with Gasteiger partial charge in [0.05, 0.1) is 11.5 Å². The normalized spacial score (nSPS) is 17.3. The molecular weight excluding hydrogens is 238 g/mol. The van der Waals surface area contributed by atoms with E-state index in [0.717, 1.165) is 5.41 Å². The van der Waals surface area contributed by atoms with Gasteiger partial charge >= 0.3 is 0 Å². The Hall–Kier alpha value is -0.880. The summed E-state index contributed by atoms with van der Waals surface area (Å²) in [5.74, 6) is 4.92. The second-order valence-corrected chi connectivity index (χ2v) is 5.34. The summed E-state index contributed by atoms with van der Waals surface area (Å²) in [5.41, 5.74) is 1.15. The fraction of sp³-hybridized carbons (Fsp3) is 0.111. The van der Waals surface area contributed by atoms with E-state index in [1.807, 2.05) is 0 Å². The molecule has 0 spiro atoms. The lowest BCUT2D eigenvalue weighted by atomic mass is 10.1. The molecule has 15 heavy (non-hydrogen) atoms. The fourth-order valence-corrected chi connectivity index (χ4v) is 3.24. The number of sulfone groups is 1. The number of hydrogen-bond acceptors (Lipinski definition) is 4. The minimum absolute atomic E-state index is 0.0634. The molecule has 0 radical (unpaired) electrons. The van der Waals surface area contributed by atoms with E-state index in [1.165, 1.54) is 6.07 Å². The third kappa shape index (κ3) is 1.79. The summed E-state index contributed by atoms with van der Waals surface area (Å²) in [7, 11) is -3.38. The van der Waals surface area contributed by atoms with Gasteiger partial charge in [-0.3, -0.25) is 4.84 Å². The summed E-state index contributed by atoms with van der Waals surface area (Å²) in [6.07, 6.45) is 0. The minimum Gasteiger partial charge on any atom is -0.300 e. The van der Waals surface area contributed by atoms with Gasteiger partial charge in [-0.25, -0.2) is 14.3 Å². The Morgan fingerprint density at radius 3 is 2.80 bits per heavy atom. The zero-order valence-electron chi connectivity index (χ0n) is 7.60. The molecule has 1 heterocycles. The van der Waals surface area contributed by atoms with Gasteiger partial charge in [0.1, 0.15) is 0 Å². The number of fused-ring (bicyclic) bond motifs is 1. The topological polar surface area (TPSA) is 69.4 Å². The van der Waals surface area contributed by atoms with Crippen LogP contribution in [0.5, 0.6) is 0 Å². The molecule has 2 N–H and O–H groups in total. The summed E-state index contributed by atoms with van der Waals surface area (Å²) in [6, 6.07) is 4.70. The van der Waals surface area contributed by atoms with Gasteiger partial charge in [0.2, 0.25) is 9.84 Å². The van der Waals surface area contributed by atoms with E-state index < -0.39 is 9.84 Å². The van der Waals surface area contributed by atoms with Crippen LogP contribution < -0.4 is 5.90 Å². The van der Waals surface area contributed by atoms with Gasteiger partial charge in [-0.05, 0) is 23.3 Å². The monoisotopic (exact) mass is 245 g/mol. The molecule has 0 saturated carbocycles. The molecule has 0 atom stereocenters. The molecule has 0 unspecified atom stereocenters. The molecule has 0 fully saturated rings. The minimum atomic E-state index is -3.38. The first kappa shape index (κ1) is 10.6. The first-order valence-corrected chi connectivity index (χ1v) is 6.04. The molecule has 6 heteroatoms. The third-order valence-corrected chi connectivity index (χ3v) is 3.91. The van der Waals surface area contributed by atoms with Crippen molar-refractivity contribution in [2.45, 2.75) is 4.90 Å². The summed E-state index contributed by atoms with van der Waals surface area (Å²) < 4.78 is 23.3. The Bertz CT molecular complexity index is 536. The van der Waals surface area contributed by atoms with E-state index in [-0.39, 0.29) is 11.5 Å². The quantitative estimate of drug-likeness (QED) is 0.799. The van der Waals surface area contributed by atoms with Gasteiger partial charge in [-0.2, -0.15) is 0 Å². The first-order valence-electron chi connectivity index (χ1n) is 4.12. The largest absolute Gasteiger partial charge is 0.300 e. The van der Waals surface area contributed by atoms with Crippen LogP contribution in [0.3, 0.4) is 0 Å². The maximum atomic E-state index is 11.7. The van der Waals surface area contributed by atoms with Crippen LogP contribution in [0.4, 0.5) is 0 Å². The van der Waals surface area contributed by atoms with Crippen LogP contribution in [0.2, 0.25) is 5.02 Å². The molecule has 0 bridgehead atoms. The summed E-state index contributed by atoms with van der Waals surface area (Å²) >= 11 is 5.73. The second-order valence-electron chi connectivity index (χ2n) is 3.14. The zero-order valence-corrected chi connectivity index (χ0v) is 9.18. The van der Waals surface area contributed by atoms with Crippen LogP contribution in [-0.4, -0.2) is 15.0 Å². The third-order valence-electron chi connectivity index (χ3n) is 2.13. The van der Waals surface area contributed by atoms with Crippen LogP contribution in [0.15, 0.2) is 28.5 Å². The van der Waals surface area contributed by atoms with Crippen molar-refractivity contribution in [3.63, 3.8) is 0 Å². The van der Waals surface area contributed by atoms with Gasteiger partial charge in [-0.1, -0.05) is 17.7 Å². The van der Waals surface area contributed by atoms with Gasteiger partial charge in [0.25, 0.3) is 0 Å². The van der Waals surface area contributed by atoms with Crippen LogP contribution >= 0.6 is 11.6 Å². The smallest absolute Gasteiger partial charge is 0.200 e. The molecular formula is C9H8ClNO3S. The Labute approximate surface area is 92.2 Å². The van der Waals surface area contributed by atoms with Crippen molar-refractivity contribution in [1.82, 2.24) is 0 Å². The maximum Gasteiger partial charge on any atom is 0.200 e. The first-order chi connectivity index (χ1) is 7.04. The highest BCUT2D eigenvalue weighted by Gasteiger charge is 2.26. The molecule has 1 aliphatic rings. The van der Waals surface area contributed by atoms with Gasteiger partial charge in [0, 0.05) is 10.4 Å². The highest BCUT2D eigenvalue weighted by atomic mass is 35.5. The van der Waals surface area contributed by atoms with Crippen molar-refractivity contribution in [1.29, 1.82) is 0 Å². The second kappa shape index (κ2) is 3.61. The maximum absolute atomic E-state index is 11.7. The number of hydrogen-bond donors (Lipinski definition) is 1. The van der Waals surface area contributed by atoms with Crippen molar-refractivity contribution in [2.24, 2.45) is 5.90 Å². The lowest BCUT2D eigenvalue weighted by Crippen LogP contribution is -2.02. The zero-order chi connectivity index (χ0) is 11.1. The van der Waals surface area contributed by atoms with E-state index in [9.17, 15) is 8.42 Å². The molecule has 1 aromatic carbocycles. The van der Waals surface area contributed by atoms with Gasteiger partial charge in [0.15, 0.2) is 0 Å². The van der Waals surface area contributed by atoms with E-state index in [2.05, 4.69) is 4.84 Å². The number of halogens is 1. The average Bonchev–Trinajstić information content (AvgIpc) is 2.39. The van der Waals surface area contributed by atoms with Crippen LogP contribution in [0.1, 0.15) is 5.56 Å². The highest BCUT2D eigenvalue weighted by Crippen LogP contribution is 2.34. The van der Waals surface area contributed by atoms with E-state index in [1.54, 1.807) is 12.1 Å². The molecule has 1 aliphatic heterocycles. The molecule has 80 valence electrons. The van der Waals surface area contributed by atoms with Crippen LogP contribution in [0, 0.1) is 0 Å². The Morgan fingerprint density at radius 2 is 2.13 bits per heavy atom. The van der Waals surface area contributed by atoms with Crippen molar-refractivity contribution < 1.29 is 13.3 Å². The van der Waals surface area contributed by atoms with E-state index in [0.29, 0.717) is 16.2 Å². The van der Waals surface area contributed by atoms with Crippen molar-refractivity contribution in [3.8, 4) is 0 Å². The molecule has 1 aromatic rings. The molecule has 0 aliphatic carbocycles. The summed E-state index contributed by atoms with van der Waals surface area (Å²) in [6.45, 7) is 0.0634. The van der Waals surface area contributed by atoms with Crippen LogP contribution in [-0.2, 0) is 14.7 Å². The SMILES string of the molecule is NOCC1=CS(=O)(=O)c2cc(Cl)ccc21. The van der Waals surface area contributed by atoms with Crippen molar-refractivity contribution >= 4 is 27.0 Å². The standard InChI is InChI=1S/C9H8ClNO3S/c10-7-1-2-8-6(4-14-11)5-15(12,13)9(8)3-7/h1-3,5H,4,11H2. The van der Waals surface area contributed by atoms with Gasteiger partial charge < -0.3 is 0 Å². The highest BCUT2D eigenvalue weighted by molar-refractivity contribution is 7.95. The van der Waals surface area contributed by atoms with E-state index in [4.69, 9.17) is 17.5 Å². The number of rotatable bonds is 2.